The summed E-state index contributed by atoms with van der Waals surface area (Å²) in [6.45, 7) is 6.75. The maximum Gasteiger partial charge on any atom is 0.323 e. The Morgan fingerprint density at radius 3 is 1.73 bits per heavy atom. The van der Waals surface area contributed by atoms with Gasteiger partial charge in [0.2, 0.25) is 0 Å². The number of hydrogen-bond acceptors (Lipinski definition) is 4. The van der Waals surface area contributed by atoms with Crippen molar-refractivity contribution < 1.29 is 19.1 Å². The lowest BCUT2D eigenvalue weighted by Crippen LogP contribution is -2.43. The van der Waals surface area contributed by atoms with E-state index >= 15 is 0 Å². The van der Waals surface area contributed by atoms with E-state index in [1.807, 2.05) is 37.3 Å². The molecule has 4 nitrogen and oxygen atoms in total. The zero-order chi connectivity index (χ0) is 19.3. The van der Waals surface area contributed by atoms with Crippen LogP contribution in [0.1, 0.15) is 71.3 Å². The van der Waals surface area contributed by atoms with Crippen LogP contribution in [0.2, 0.25) is 0 Å². The smallest absolute Gasteiger partial charge is 0.323 e. The Balaban J connectivity index is 2.89. The van der Waals surface area contributed by atoms with Gasteiger partial charge in [0, 0.05) is 0 Å². The fourth-order valence-electron chi connectivity index (χ4n) is 2.90. The second kappa shape index (κ2) is 12.5. The van der Waals surface area contributed by atoms with Gasteiger partial charge in [0.15, 0.2) is 5.41 Å². The zero-order valence-electron chi connectivity index (χ0n) is 16.6. The van der Waals surface area contributed by atoms with Crippen LogP contribution in [0.25, 0.3) is 0 Å². The van der Waals surface area contributed by atoms with E-state index in [-0.39, 0.29) is 0 Å². The Hall–Kier alpha value is -1.84. The van der Waals surface area contributed by atoms with E-state index in [0.717, 1.165) is 44.1 Å². The SMILES string of the molecule is CCCCCOC(=O)C(CC)(Cc1ccccc1)C(=O)OCCCCC. The largest absolute Gasteiger partial charge is 0.465 e. The van der Waals surface area contributed by atoms with Gasteiger partial charge < -0.3 is 9.47 Å². The Kier molecular flexibility index (Phi) is 10.7. The summed E-state index contributed by atoms with van der Waals surface area (Å²) >= 11 is 0. The van der Waals surface area contributed by atoms with E-state index in [2.05, 4.69) is 13.8 Å². The third kappa shape index (κ3) is 6.81. The van der Waals surface area contributed by atoms with Crippen molar-refractivity contribution in [2.24, 2.45) is 5.41 Å². The molecule has 0 saturated heterocycles. The van der Waals surface area contributed by atoms with Crippen molar-refractivity contribution in [2.75, 3.05) is 13.2 Å². The summed E-state index contributed by atoms with van der Waals surface area (Å²) in [7, 11) is 0. The van der Waals surface area contributed by atoms with Crippen molar-refractivity contribution in [2.45, 2.75) is 72.1 Å². The van der Waals surface area contributed by atoms with Crippen LogP contribution in [0.15, 0.2) is 30.3 Å². The Morgan fingerprint density at radius 1 is 0.808 bits per heavy atom. The maximum absolute atomic E-state index is 12.9. The van der Waals surface area contributed by atoms with Gasteiger partial charge in [-0.2, -0.15) is 0 Å². The Labute approximate surface area is 158 Å². The van der Waals surface area contributed by atoms with Crippen LogP contribution >= 0.6 is 0 Å². The lowest BCUT2D eigenvalue weighted by molar-refractivity contribution is -0.173. The van der Waals surface area contributed by atoms with Gasteiger partial charge in [-0.25, -0.2) is 0 Å². The number of hydrogen-bond donors (Lipinski definition) is 0. The molecule has 0 aliphatic heterocycles. The first kappa shape index (κ1) is 22.2. The first-order chi connectivity index (χ1) is 12.6. The number of ether oxygens (including phenoxy) is 2. The minimum Gasteiger partial charge on any atom is -0.465 e. The topological polar surface area (TPSA) is 52.6 Å². The molecule has 0 aliphatic rings. The van der Waals surface area contributed by atoms with E-state index in [1.54, 1.807) is 0 Å². The second-order valence-electron chi connectivity index (χ2n) is 6.78. The standard InChI is InChI=1S/C22H34O4/c1-4-7-12-16-25-20(23)22(6-3,18-19-14-10-9-11-15-19)21(24)26-17-13-8-5-2/h9-11,14-15H,4-8,12-13,16-18H2,1-3H3. The summed E-state index contributed by atoms with van der Waals surface area (Å²) < 4.78 is 11.0. The summed E-state index contributed by atoms with van der Waals surface area (Å²) in [5.74, 6) is -0.916. The Bertz CT molecular complexity index is 500. The lowest BCUT2D eigenvalue weighted by Gasteiger charge is -2.28. The van der Waals surface area contributed by atoms with Crippen molar-refractivity contribution in [3.63, 3.8) is 0 Å². The molecule has 4 heteroatoms. The molecular weight excluding hydrogens is 328 g/mol. The molecule has 0 spiro atoms. The highest BCUT2D eigenvalue weighted by Crippen LogP contribution is 2.31. The maximum atomic E-state index is 12.9. The molecule has 0 aliphatic carbocycles. The van der Waals surface area contributed by atoms with Gasteiger partial charge in [0.05, 0.1) is 13.2 Å². The lowest BCUT2D eigenvalue weighted by atomic mass is 9.79. The summed E-state index contributed by atoms with van der Waals surface area (Å²) in [6.07, 6.45) is 6.43. The molecule has 0 bridgehead atoms. The first-order valence-corrected chi connectivity index (χ1v) is 9.99. The molecule has 146 valence electrons. The molecule has 0 radical (unpaired) electrons. The van der Waals surface area contributed by atoms with Crippen LogP contribution in [-0.2, 0) is 25.5 Å². The third-order valence-corrected chi connectivity index (χ3v) is 4.70. The van der Waals surface area contributed by atoms with E-state index in [9.17, 15) is 9.59 Å². The monoisotopic (exact) mass is 362 g/mol. The molecule has 0 amide bonds. The van der Waals surface area contributed by atoms with Gasteiger partial charge in [0.25, 0.3) is 0 Å². The van der Waals surface area contributed by atoms with Crippen molar-refractivity contribution in [1.29, 1.82) is 0 Å². The average Bonchev–Trinajstić information content (AvgIpc) is 2.67. The van der Waals surface area contributed by atoms with Crippen LogP contribution in [-0.4, -0.2) is 25.2 Å². The fourth-order valence-corrected chi connectivity index (χ4v) is 2.90. The summed E-state index contributed by atoms with van der Waals surface area (Å²) in [5, 5.41) is 0. The van der Waals surface area contributed by atoms with Crippen molar-refractivity contribution in [3.05, 3.63) is 35.9 Å². The molecule has 1 aromatic rings. The number of carbonyl (C=O) groups is 2. The molecule has 1 aromatic carbocycles. The highest BCUT2D eigenvalue weighted by Gasteiger charge is 2.47. The van der Waals surface area contributed by atoms with Crippen molar-refractivity contribution in [3.8, 4) is 0 Å². The average molecular weight is 363 g/mol. The molecule has 0 fully saturated rings. The molecule has 1 rings (SSSR count). The number of unbranched alkanes of at least 4 members (excludes halogenated alkanes) is 4. The quantitative estimate of drug-likeness (QED) is 0.278. The Morgan fingerprint density at radius 2 is 1.31 bits per heavy atom. The molecule has 0 saturated carbocycles. The van der Waals surface area contributed by atoms with E-state index in [0.29, 0.717) is 26.1 Å². The zero-order valence-corrected chi connectivity index (χ0v) is 16.6. The predicted octanol–water partition coefficient (Wildman–Crippen LogP) is 5.09. The first-order valence-electron chi connectivity index (χ1n) is 9.99. The van der Waals surface area contributed by atoms with Gasteiger partial charge in [-0.05, 0) is 31.2 Å². The fraction of sp³-hybridized carbons (Fsp3) is 0.636. The minimum absolute atomic E-state index is 0.309. The summed E-state index contributed by atoms with van der Waals surface area (Å²) in [4.78, 5) is 25.7. The summed E-state index contributed by atoms with van der Waals surface area (Å²) in [6, 6.07) is 9.60. The highest BCUT2D eigenvalue weighted by molar-refractivity contribution is 6.00. The highest BCUT2D eigenvalue weighted by atomic mass is 16.6. The number of carbonyl (C=O) groups excluding carboxylic acids is 2. The molecule has 0 heterocycles. The van der Waals surface area contributed by atoms with Gasteiger partial charge in [-0.15, -0.1) is 0 Å². The van der Waals surface area contributed by atoms with Crippen LogP contribution in [0.3, 0.4) is 0 Å². The van der Waals surface area contributed by atoms with E-state index in [1.165, 1.54) is 0 Å². The molecule has 0 unspecified atom stereocenters. The number of esters is 2. The van der Waals surface area contributed by atoms with Crippen LogP contribution in [0.4, 0.5) is 0 Å². The number of benzene rings is 1. The molecule has 0 atom stereocenters. The molecular formula is C22H34O4. The van der Waals surface area contributed by atoms with E-state index in [4.69, 9.17) is 9.47 Å². The molecule has 0 N–H and O–H groups in total. The minimum atomic E-state index is -1.26. The van der Waals surface area contributed by atoms with E-state index < -0.39 is 17.4 Å². The molecule has 26 heavy (non-hydrogen) atoms. The van der Waals surface area contributed by atoms with Gasteiger partial charge in [-0.3, -0.25) is 9.59 Å². The van der Waals surface area contributed by atoms with Crippen LogP contribution in [0, 0.1) is 5.41 Å². The third-order valence-electron chi connectivity index (χ3n) is 4.70. The second-order valence-corrected chi connectivity index (χ2v) is 6.78. The van der Waals surface area contributed by atoms with Crippen LogP contribution in [0.5, 0.6) is 0 Å². The van der Waals surface area contributed by atoms with Crippen molar-refractivity contribution in [1.82, 2.24) is 0 Å². The van der Waals surface area contributed by atoms with Crippen molar-refractivity contribution >= 4 is 11.9 Å². The molecule has 0 aromatic heterocycles. The van der Waals surface area contributed by atoms with Crippen LogP contribution < -0.4 is 0 Å². The van der Waals surface area contributed by atoms with Gasteiger partial charge >= 0.3 is 11.9 Å². The van der Waals surface area contributed by atoms with Gasteiger partial charge in [-0.1, -0.05) is 76.8 Å². The number of rotatable bonds is 13. The normalized spacial score (nSPS) is 11.2. The summed E-state index contributed by atoms with van der Waals surface area (Å²) in [5.41, 5.74) is -0.329. The predicted molar refractivity (Wildman–Crippen MR) is 104 cm³/mol. The van der Waals surface area contributed by atoms with Gasteiger partial charge in [0.1, 0.15) is 0 Å².